The number of carboxylic acids is 1. The second-order valence-corrected chi connectivity index (χ2v) is 7.76. The van der Waals surface area contributed by atoms with Crippen LogP contribution < -0.4 is 0 Å². The molecule has 0 aromatic heterocycles. The summed E-state index contributed by atoms with van der Waals surface area (Å²) in [6.45, 7) is 2.18. The average Bonchev–Trinajstić information content (AvgIpc) is 2.88. The second-order valence-electron chi connectivity index (χ2n) is 7.76. The monoisotopic (exact) mass is 382 g/mol. The largest absolute Gasteiger partial charge is 0.481 e. The predicted molar refractivity (Wildman–Crippen MR) is 107 cm³/mol. The molecule has 0 heterocycles. The van der Waals surface area contributed by atoms with Crippen LogP contribution in [0.25, 0.3) is 0 Å². The Labute approximate surface area is 163 Å². The molecule has 1 rings (SSSR count). The van der Waals surface area contributed by atoms with Gasteiger partial charge in [0.05, 0.1) is 18.3 Å². The Balaban J connectivity index is 2.39. The lowest BCUT2D eigenvalue weighted by molar-refractivity contribution is -0.137. The summed E-state index contributed by atoms with van der Waals surface area (Å²) in [4.78, 5) is 10.5. The highest BCUT2D eigenvalue weighted by atomic mass is 16.4. The van der Waals surface area contributed by atoms with Crippen molar-refractivity contribution in [3.05, 3.63) is 24.3 Å². The third-order valence-electron chi connectivity index (χ3n) is 5.41. The van der Waals surface area contributed by atoms with Crippen LogP contribution in [0.15, 0.2) is 24.3 Å². The zero-order valence-electron chi connectivity index (χ0n) is 16.7. The molecule has 0 aliphatic heterocycles. The van der Waals surface area contributed by atoms with Crippen LogP contribution in [0, 0.1) is 11.8 Å². The number of allylic oxidation sites excluding steroid dienone is 2. The molecule has 5 atom stereocenters. The summed E-state index contributed by atoms with van der Waals surface area (Å²) in [5.41, 5.74) is 0. The predicted octanol–water partition coefficient (Wildman–Crippen LogP) is 3.82. The van der Waals surface area contributed by atoms with E-state index in [0.717, 1.165) is 25.7 Å². The fraction of sp³-hybridized carbons (Fsp3) is 0.773. The van der Waals surface area contributed by atoms with E-state index in [9.17, 15) is 20.1 Å². The van der Waals surface area contributed by atoms with Crippen molar-refractivity contribution in [2.24, 2.45) is 11.8 Å². The van der Waals surface area contributed by atoms with E-state index in [-0.39, 0.29) is 18.3 Å². The summed E-state index contributed by atoms with van der Waals surface area (Å²) in [6, 6.07) is 0. The van der Waals surface area contributed by atoms with E-state index in [1.807, 2.05) is 6.08 Å². The van der Waals surface area contributed by atoms with E-state index in [1.54, 1.807) is 6.08 Å². The minimum Gasteiger partial charge on any atom is -0.481 e. The van der Waals surface area contributed by atoms with E-state index < -0.39 is 24.3 Å². The lowest BCUT2D eigenvalue weighted by atomic mass is 9.89. The molecule has 0 unspecified atom stereocenters. The molecule has 27 heavy (non-hydrogen) atoms. The van der Waals surface area contributed by atoms with Crippen LogP contribution in [0.3, 0.4) is 0 Å². The van der Waals surface area contributed by atoms with Crippen molar-refractivity contribution < 1.29 is 25.2 Å². The molecular formula is C22H38O5. The van der Waals surface area contributed by atoms with Crippen molar-refractivity contribution in [3.63, 3.8) is 0 Å². The van der Waals surface area contributed by atoms with Crippen LogP contribution >= 0.6 is 0 Å². The van der Waals surface area contributed by atoms with Gasteiger partial charge in [-0.2, -0.15) is 0 Å². The first-order valence-corrected chi connectivity index (χ1v) is 10.5. The molecule has 1 saturated carbocycles. The minimum absolute atomic E-state index is 0.0126. The number of carboxylic acid groups (broad SMARTS) is 1. The molecule has 5 nitrogen and oxygen atoms in total. The van der Waals surface area contributed by atoms with Crippen LogP contribution in [0.4, 0.5) is 0 Å². The number of aliphatic hydroxyl groups excluding tert-OH is 3. The van der Waals surface area contributed by atoms with Gasteiger partial charge >= 0.3 is 5.97 Å². The van der Waals surface area contributed by atoms with Crippen LogP contribution in [0.5, 0.6) is 0 Å². The minimum atomic E-state index is -0.783. The molecule has 1 fully saturated rings. The fourth-order valence-electron chi connectivity index (χ4n) is 3.75. The molecule has 4 N–H and O–H groups in total. The Bertz CT molecular complexity index is 460. The summed E-state index contributed by atoms with van der Waals surface area (Å²) < 4.78 is 0. The number of rotatable bonds is 14. The topological polar surface area (TPSA) is 98.0 Å². The summed E-state index contributed by atoms with van der Waals surface area (Å²) in [5, 5.41) is 39.2. The number of unbranched alkanes of at least 4 members (excludes halogenated alkanes) is 5. The van der Waals surface area contributed by atoms with Gasteiger partial charge in [0.25, 0.3) is 0 Å². The smallest absolute Gasteiger partial charge is 0.303 e. The number of aliphatic carboxylic acids is 1. The number of hydrogen-bond donors (Lipinski definition) is 4. The third kappa shape index (κ3) is 10.1. The quantitative estimate of drug-likeness (QED) is 0.270. The Hall–Kier alpha value is -1.17. The standard InChI is InChI=1S/C22H38O5/c1-2-3-4-5-6-9-12-18-19(21(25)16-20(18)24)15-14-17(23)11-8-7-10-13-22(26)27/h6,9,14-15,17-21,23-25H,2-5,7-8,10-13,16H2,1H3,(H,26,27)/b9-6-,15-14+/t17-,18-,19-,20+,21-/m0/s1. The summed E-state index contributed by atoms with van der Waals surface area (Å²) >= 11 is 0. The number of aliphatic hydroxyl groups is 3. The van der Waals surface area contributed by atoms with Gasteiger partial charge in [0.1, 0.15) is 0 Å². The van der Waals surface area contributed by atoms with Gasteiger partial charge in [-0.15, -0.1) is 0 Å². The van der Waals surface area contributed by atoms with E-state index in [4.69, 9.17) is 5.11 Å². The van der Waals surface area contributed by atoms with Crippen molar-refractivity contribution in [2.75, 3.05) is 0 Å². The molecule has 0 saturated heterocycles. The first-order chi connectivity index (χ1) is 13.0. The van der Waals surface area contributed by atoms with E-state index in [0.29, 0.717) is 19.3 Å². The molecule has 5 heteroatoms. The lowest BCUT2D eigenvalue weighted by Crippen LogP contribution is -2.20. The number of hydrogen-bond acceptors (Lipinski definition) is 4. The first kappa shape index (κ1) is 23.9. The molecular weight excluding hydrogens is 344 g/mol. The molecule has 0 radical (unpaired) electrons. The van der Waals surface area contributed by atoms with E-state index >= 15 is 0 Å². The Morgan fingerprint density at radius 2 is 1.85 bits per heavy atom. The second kappa shape index (κ2) is 13.9. The van der Waals surface area contributed by atoms with Gasteiger partial charge in [0.15, 0.2) is 0 Å². The van der Waals surface area contributed by atoms with Gasteiger partial charge in [0, 0.05) is 18.8 Å². The van der Waals surface area contributed by atoms with Crippen molar-refractivity contribution in [2.45, 2.75) is 95.9 Å². The van der Waals surface area contributed by atoms with Crippen molar-refractivity contribution in [1.82, 2.24) is 0 Å². The zero-order valence-corrected chi connectivity index (χ0v) is 16.7. The Morgan fingerprint density at radius 3 is 2.56 bits per heavy atom. The van der Waals surface area contributed by atoms with Crippen molar-refractivity contribution in [3.8, 4) is 0 Å². The fourth-order valence-corrected chi connectivity index (χ4v) is 3.75. The van der Waals surface area contributed by atoms with E-state index in [2.05, 4.69) is 19.1 Å². The van der Waals surface area contributed by atoms with Crippen molar-refractivity contribution in [1.29, 1.82) is 0 Å². The lowest BCUT2D eigenvalue weighted by Gasteiger charge is -2.19. The third-order valence-corrected chi connectivity index (χ3v) is 5.41. The Morgan fingerprint density at radius 1 is 1.07 bits per heavy atom. The van der Waals surface area contributed by atoms with Gasteiger partial charge in [-0.3, -0.25) is 4.79 Å². The maximum absolute atomic E-state index is 10.5. The summed E-state index contributed by atoms with van der Waals surface area (Å²) in [6.07, 6.45) is 14.9. The maximum atomic E-state index is 10.5. The molecule has 0 bridgehead atoms. The van der Waals surface area contributed by atoms with Crippen LogP contribution in [0.1, 0.15) is 77.6 Å². The Kier molecular flexibility index (Phi) is 12.3. The van der Waals surface area contributed by atoms with Crippen LogP contribution in [0.2, 0.25) is 0 Å². The van der Waals surface area contributed by atoms with E-state index in [1.165, 1.54) is 19.3 Å². The van der Waals surface area contributed by atoms with Crippen LogP contribution in [-0.2, 0) is 4.79 Å². The van der Waals surface area contributed by atoms with Gasteiger partial charge in [0.2, 0.25) is 0 Å². The van der Waals surface area contributed by atoms with Gasteiger partial charge < -0.3 is 20.4 Å². The average molecular weight is 383 g/mol. The highest BCUT2D eigenvalue weighted by Gasteiger charge is 2.39. The van der Waals surface area contributed by atoms with Gasteiger partial charge in [-0.25, -0.2) is 0 Å². The molecule has 0 amide bonds. The maximum Gasteiger partial charge on any atom is 0.303 e. The first-order valence-electron chi connectivity index (χ1n) is 10.5. The molecule has 156 valence electrons. The van der Waals surface area contributed by atoms with Crippen molar-refractivity contribution >= 4 is 5.97 Å². The number of carbonyl (C=O) groups is 1. The van der Waals surface area contributed by atoms with Crippen LogP contribution in [-0.4, -0.2) is 44.7 Å². The molecule has 0 aromatic carbocycles. The molecule has 0 aromatic rings. The molecule has 0 spiro atoms. The normalized spacial score (nSPS) is 27.0. The molecule has 1 aliphatic carbocycles. The summed E-state index contributed by atoms with van der Waals surface area (Å²) in [5.74, 6) is -0.932. The molecule has 1 aliphatic rings. The van der Waals surface area contributed by atoms with Gasteiger partial charge in [-0.1, -0.05) is 56.9 Å². The SMILES string of the molecule is CCCCC/C=C\C[C@H]1[C@H](/C=C/[C@@H](O)CCCCCC(=O)O)[C@@H](O)C[C@H]1O. The summed E-state index contributed by atoms with van der Waals surface area (Å²) in [7, 11) is 0. The van der Waals surface area contributed by atoms with Gasteiger partial charge in [-0.05, 0) is 38.0 Å². The zero-order chi connectivity index (χ0) is 20.1. The highest BCUT2D eigenvalue weighted by molar-refractivity contribution is 5.66. The highest BCUT2D eigenvalue weighted by Crippen LogP contribution is 2.36.